The SMILES string of the molecule is COc1ccc(-c2nc(NC(=O)c3cccc(Oc4ccccc4)c3)n[nH]2)cc1OC. The Morgan fingerprint density at radius 1 is 0.871 bits per heavy atom. The zero-order valence-electron chi connectivity index (χ0n) is 17.0. The zero-order chi connectivity index (χ0) is 21.6. The topological polar surface area (TPSA) is 98.4 Å². The maximum atomic E-state index is 12.7. The first-order chi connectivity index (χ1) is 15.2. The minimum Gasteiger partial charge on any atom is -0.493 e. The molecule has 0 unspecified atom stereocenters. The number of hydrogen-bond acceptors (Lipinski definition) is 6. The van der Waals surface area contributed by atoms with Gasteiger partial charge in [-0.3, -0.25) is 15.2 Å². The molecule has 1 heterocycles. The second-order valence-electron chi connectivity index (χ2n) is 6.47. The predicted octanol–water partition coefficient (Wildman–Crippen LogP) is 4.53. The zero-order valence-corrected chi connectivity index (χ0v) is 17.0. The number of hydrogen-bond donors (Lipinski definition) is 2. The third kappa shape index (κ3) is 4.64. The molecule has 156 valence electrons. The molecule has 0 fully saturated rings. The average Bonchev–Trinajstić information content (AvgIpc) is 3.28. The first-order valence-corrected chi connectivity index (χ1v) is 9.45. The van der Waals surface area contributed by atoms with Gasteiger partial charge >= 0.3 is 0 Å². The number of rotatable bonds is 7. The van der Waals surface area contributed by atoms with Crippen molar-refractivity contribution in [1.29, 1.82) is 0 Å². The van der Waals surface area contributed by atoms with Crippen molar-refractivity contribution < 1.29 is 19.0 Å². The van der Waals surface area contributed by atoms with Crippen LogP contribution in [0.5, 0.6) is 23.0 Å². The van der Waals surface area contributed by atoms with Crippen LogP contribution in [0.1, 0.15) is 10.4 Å². The van der Waals surface area contributed by atoms with Gasteiger partial charge in [-0.05, 0) is 48.5 Å². The molecule has 0 aliphatic heterocycles. The van der Waals surface area contributed by atoms with E-state index in [1.54, 1.807) is 50.6 Å². The van der Waals surface area contributed by atoms with Gasteiger partial charge in [-0.25, -0.2) is 0 Å². The molecule has 1 aromatic heterocycles. The highest BCUT2D eigenvalue weighted by atomic mass is 16.5. The third-order valence-electron chi connectivity index (χ3n) is 4.44. The highest BCUT2D eigenvalue weighted by Gasteiger charge is 2.13. The lowest BCUT2D eigenvalue weighted by Gasteiger charge is -2.08. The van der Waals surface area contributed by atoms with Crippen molar-refractivity contribution in [2.24, 2.45) is 0 Å². The van der Waals surface area contributed by atoms with E-state index in [1.807, 2.05) is 36.4 Å². The molecule has 4 aromatic rings. The molecule has 0 saturated heterocycles. The average molecular weight is 416 g/mol. The molecule has 0 radical (unpaired) electrons. The van der Waals surface area contributed by atoms with Crippen molar-refractivity contribution in [3.63, 3.8) is 0 Å². The van der Waals surface area contributed by atoms with Crippen LogP contribution in [0.2, 0.25) is 0 Å². The van der Waals surface area contributed by atoms with Gasteiger partial charge in [0, 0.05) is 11.1 Å². The van der Waals surface area contributed by atoms with Crippen LogP contribution in [0, 0.1) is 0 Å². The lowest BCUT2D eigenvalue weighted by Crippen LogP contribution is -2.13. The van der Waals surface area contributed by atoms with Crippen LogP contribution in [-0.2, 0) is 0 Å². The summed E-state index contributed by atoms with van der Waals surface area (Å²) in [4.78, 5) is 17.0. The molecular weight excluding hydrogens is 396 g/mol. The Morgan fingerprint density at radius 2 is 1.65 bits per heavy atom. The van der Waals surface area contributed by atoms with Gasteiger partial charge < -0.3 is 14.2 Å². The van der Waals surface area contributed by atoms with E-state index in [1.165, 1.54) is 0 Å². The number of amides is 1. The van der Waals surface area contributed by atoms with Gasteiger partial charge in [-0.2, -0.15) is 4.98 Å². The van der Waals surface area contributed by atoms with Crippen molar-refractivity contribution in [2.45, 2.75) is 0 Å². The molecule has 0 atom stereocenters. The standard InChI is InChI=1S/C23H20N4O4/c1-29-19-12-11-15(14-20(19)30-2)21-24-23(27-26-21)25-22(28)16-7-6-10-18(13-16)31-17-8-4-3-5-9-17/h3-14H,1-2H3,(H2,24,25,26,27,28). The monoisotopic (exact) mass is 416 g/mol. The Bertz CT molecular complexity index is 1190. The Kier molecular flexibility index (Phi) is 5.79. The van der Waals surface area contributed by atoms with Crippen molar-refractivity contribution in [2.75, 3.05) is 19.5 Å². The number of para-hydroxylation sites is 1. The smallest absolute Gasteiger partial charge is 0.258 e. The van der Waals surface area contributed by atoms with Crippen LogP contribution in [-0.4, -0.2) is 35.3 Å². The number of ether oxygens (including phenoxy) is 3. The summed E-state index contributed by atoms with van der Waals surface area (Å²) in [6, 6.07) is 21.6. The fraction of sp³-hybridized carbons (Fsp3) is 0.0870. The van der Waals surface area contributed by atoms with E-state index < -0.39 is 0 Å². The molecule has 1 amide bonds. The van der Waals surface area contributed by atoms with E-state index in [4.69, 9.17) is 14.2 Å². The van der Waals surface area contributed by atoms with Gasteiger partial charge in [0.25, 0.3) is 5.91 Å². The van der Waals surface area contributed by atoms with Crippen LogP contribution in [0.4, 0.5) is 5.95 Å². The van der Waals surface area contributed by atoms with Gasteiger partial charge in [-0.1, -0.05) is 24.3 Å². The van der Waals surface area contributed by atoms with Crippen molar-refractivity contribution in [1.82, 2.24) is 15.2 Å². The van der Waals surface area contributed by atoms with E-state index in [-0.39, 0.29) is 11.9 Å². The lowest BCUT2D eigenvalue weighted by atomic mass is 10.2. The predicted molar refractivity (Wildman–Crippen MR) is 116 cm³/mol. The number of methoxy groups -OCH3 is 2. The molecule has 0 spiro atoms. The van der Waals surface area contributed by atoms with Crippen LogP contribution in [0.15, 0.2) is 72.8 Å². The van der Waals surface area contributed by atoms with Crippen LogP contribution in [0.25, 0.3) is 11.4 Å². The van der Waals surface area contributed by atoms with E-state index >= 15 is 0 Å². The number of benzene rings is 3. The first kappa shape index (κ1) is 20.0. The number of H-pyrrole nitrogens is 1. The minimum absolute atomic E-state index is 0.157. The quantitative estimate of drug-likeness (QED) is 0.459. The van der Waals surface area contributed by atoms with Crippen molar-refractivity contribution in [3.05, 3.63) is 78.4 Å². The molecule has 0 aliphatic carbocycles. The Labute approximate surface area is 178 Å². The summed E-state index contributed by atoms with van der Waals surface area (Å²) in [5, 5.41) is 9.58. The highest BCUT2D eigenvalue weighted by molar-refractivity contribution is 6.03. The number of aromatic nitrogens is 3. The van der Waals surface area contributed by atoms with Crippen LogP contribution < -0.4 is 19.5 Å². The first-order valence-electron chi connectivity index (χ1n) is 9.45. The summed E-state index contributed by atoms with van der Waals surface area (Å²) in [6.07, 6.45) is 0. The van der Waals surface area contributed by atoms with E-state index in [0.717, 1.165) is 5.56 Å². The van der Waals surface area contributed by atoms with Gasteiger partial charge in [0.15, 0.2) is 17.3 Å². The third-order valence-corrected chi connectivity index (χ3v) is 4.44. The number of aromatic amines is 1. The Balaban J connectivity index is 1.48. The molecule has 3 aromatic carbocycles. The number of carbonyl (C=O) groups is 1. The van der Waals surface area contributed by atoms with Crippen molar-refractivity contribution in [3.8, 4) is 34.4 Å². The van der Waals surface area contributed by atoms with E-state index in [9.17, 15) is 4.79 Å². The summed E-state index contributed by atoms with van der Waals surface area (Å²) in [5.41, 5.74) is 1.16. The largest absolute Gasteiger partial charge is 0.493 e. The molecule has 0 aliphatic rings. The Hall–Kier alpha value is -4.33. The molecule has 0 bridgehead atoms. The molecule has 4 rings (SSSR count). The van der Waals surface area contributed by atoms with Crippen LogP contribution in [0.3, 0.4) is 0 Å². The summed E-state index contributed by atoms with van der Waals surface area (Å²) in [7, 11) is 3.13. The molecule has 0 saturated carbocycles. The molecule has 8 nitrogen and oxygen atoms in total. The van der Waals surface area contributed by atoms with E-state index in [0.29, 0.717) is 34.4 Å². The second kappa shape index (κ2) is 9.00. The summed E-state index contributed by atoms with van der Waals surface area (Å²) in [6.45, 7) is 0. The van der Waals surface area contributed by atoms with Gasteiger partial charge in [0.05, 0.1) is 14.2 Å². The molecular formula is C23H20N4O4. The lowest BCUT2D eigenvalue weighted by molar-refractivity contribution is 0.102. The van der Waals surface area contributed by atoms with E-state index in [2.05, 4.69) is 20.5 Å². The fourth-order valence-electron chi connectivity index (χ4n) is 2.93. The van der Waals surface area contributed by atoms with Gasteiger partial charge in [0.2, 0.25) is 5.95 Å². The maximum absolute atomic E-state index is 12.7. The fourth-order valence-corrected chi connectivity index (χ4v) is 2.93. The number of carbonyl (C=O) groups excluding carboxylic acids is 1. The second-order valence-corrected chi connectivity index (χ2v) is 6.47. The van der Waals surface area contributed by atoms with Crippen LogP contribution >= 0.6 is 0 Å². The number of nitrogens with one attached hydrogen (secondary N) is 2. The Morgan fingerprint density at radius 3 is 2.42 bits per heavy atom. The summed E-state index contributed by atoms with van der Waals surface area (Å²) >= 11 is 0. The number of nitrogens with zero attached hydrogens (tertiary/aromatic N) is 2. The molecule has 31 heavy (non-hydrogen) atoms. The van der Waals surface area contributed by atoms with Crippen molar-refractivity contribution >= 4 is 11.9 Å². The van der Waals surface area contributed by atoms with Gasteiger partial charge in [-0.15, -0.1) is 5.10 Å². The number of anilines is 1. The molecule has 8 heteroatoms. The summed E-state index contributed by atoms with van der Waals surface area (Å²) < 4.78 is 16.3. The minimum atomic E-state index is -0.351. The molecule has 2 N–H and O–H groups in total. The maximum Gasteiger partial charge on any atom is 0.258 e. The normalized spacial score (nSPS) is 10.4. The summed E-state index contributed by atoms with van der Waals surface area (Å²) in [5.74, 6) is 2.71. The van der Waals surface area contributed by atoms with Gasteiger partial charge in [0.1, 0.15) is 11.5 Å². The highest BCUT2D eigenvalue weighted by Crippen LogP contribution is 2.31.